The third-order valence-electron chi connectivity index (χ3n) is 1.12. The fraction of sp³-hybridized carbons (Fsp3) is 0.875. The van der Waals surface area contributed by atoms with Crippen LogP contribution in [0.4, 0.5) is 13.6 Å². The molecule has 1 amide bonds. The van der Waals surface area contributed by atoms with Crippen molar-refractivity contribution in [3.8, 4) is 0 Å². The fourth-order valence-electron chi connectivity index (χ4n) is 0.572. The number of alkyl carbamates (subject to hydrolysis) is 1. The van der Waals surface area contributed by atoms with E-state index in [-0.39, 0.29) is 0 Å². The Morgan fingerprint density at radius 2 is 1.93 bits per heavy atom. The van der Waals surface area contributed by atoms with Crippen LogP contribution in [0.1, 0.15) is 20.8 Å². The minimum absolute atomic E-state index is 0.724. The van der Waals surface area contributed by atoms with E-state index in [9.17, 15) is 13.6 Å². The molecule has 6 heteroatoms. The Morgan fingerprint density at radius 3 is 2.29 bits per heavy atom. The molecular weight excluding hydrogens is 196 g/mol. The maximum atomic E-state index is 12.4. The summed E-state index contributed by atoms with van der Waals surface area (Å²) in [5.74, 6) is -3.31. The van der Waals surface area contributed by atoms with Crippen molar-refractivity contribution >= 4 is 6.09 Å². The minimum atomic E-state index is -3.31. The van der Waals surface area contributed by atoms with Crippen molar-refractivity contribution in [1.82, 2.24) is 5.32 Å². The highest BCUT2D eigenvalue weighted by atomic mass is 19.3. The SMILES string of the molecule is CC(C)(C)OC(=O)NCC(F)(F)CO. The largest absolute Gasteiger partial charge is 0.444 e. The summed E-state index contributed by atoms with van der Waals surface area (Å²) in [5, 5.41) is 10.1. The van der Waals surface area contributed by atoms with Gasteiger partial charge in [0, 0.05) is 0 Å². The van der Waals surface area contributed by atoms with Crippen LogP contribution in [0.3, 0.4) is 0 Å². The minimum Gasteiger partial charge on any atom is -0.444 e. The van der Waals surface area contributed by atoms with Crippen molar-refractivity contribution in [1.29, 1.82) is 0 Å². The Bertz CT molecular complexity index is 201. The van der Waals surface area contributed by atoms with Gasteiger partial charge >= 0.3 is 6.09 Å². The van der Waals surface area contributed by atoms with Crippen molar-refractivity contribution in [3.63, 3.8) is 0 Å². The van der Waals surface area contributed by atoms with Gasteiger partial charge in [0.15, 0.2) is 0 Å². The number of ether oxygens (including phenoxy) is 1. The summed E-state index contributed by atoms with van der Waals surface area (Å²) < 4.78 is 29.6. The van der Waals surface area contributed by atoms with E-state index in [0.717, 1.165) is 0 Å². The van der Waals surface area contributed by atoms with Crippen LogP contribution in [0.25, 0.3) is 0 Å². The highest BCUT2D eigenvalue weighted by molar-refractivity contribution is 5.67. The standard InChI is InChI=1S/C8H15F2NO3/c1-7(2,3)14-6(13)11-4-8(9,10)5-12/h12H,4-5H2,1-3H3,(H,11,13). The van der Waals surface area contributed by atoms with Gasteiger partial charge in [-0.15, -0.1) is 0 Å². The Kier molecular flexibility index (Phi) is 4.25. The lowest BCUT2D eigenvalue weighted by molar-refractivity contribution is -0.0490. The van der Waals surface area contributed by atoms with Gasteiger partial charge in [-0.05, 0) is 20.8 Å². The van der Waals surface area contributed by atoms with Gasteiger partial charge in [-0.2, -0.15) is 0 Å². The number of carbonyl (C=O) groups is 1. The molecule has 0 aliphatic rings. The monoisotopic (exact) mass is 211 g/mol. The summed E-state index contributed by atoms with van der Waals surface area (Å²) >= 11 is 0. The molecule has 0 saturated heterocycles. The smallest absolute Gasteiger partial charge is 0.407 e. The molecule has 0 aliphatic heterocycles. The van der Waals surface area contributed by atoms with Gasteiger partial charge in [0.25, 0.3) is 5.92 Å². The molecule has 0 radical (unpaired) electrons. The third-order valence-corrected chi connectivity index (χ3v) is 1.12. The normalized spacial score (nSPS) is 12.4. The maximum absolute atomic E-state index is 12.4. The Balaban J connectivity index is 3.87. The van der Waals surface area contributed by atoms with E-state index >= 15 is 0 Å². The van der Waals surface area contributed by atoms with Gasteiger partial charge in [-0.1, -0.05) is 0 Å². The number of aliphatic hydroxyl groups excluding tert-OH is 1. The molecule has 0 atom stereocenters. The topological polar surface area (TPSA) is 58.6 Å². The van der Waals surface area contributed by atoms with Gasteiger partial charge in [-0.25, -0.2) is 13.6 Å². The van der Waals surface area contributed by atoms with Crippen molar-refractivity contribution in [3.05, 3.63) is 0 Å². The van der Waals surface area contributed by atoms with Crippen LogP contribution >= 0.6 is 0 Å². The first-order valence-corrected chi connectivity index (χ1v) is 4.12. The van der Waals surface area contributed by atoms with Crippen molar-refractivity contribution in [2.24, 2.45) is 0 Å². The molecule has 0 fully saturated rings. The summed E-state index contributed by atoms with van der Waals surface area (Å²) in [7, 11) is 0. The molecule has 0 rings (SSSR count). The number of amides is 1. The summed E-state index contributed by atoms with van der Waals surface area (Å²) in [4.78, 5) is 10.9. The number of halogens is 2. The average Bonchev–Trinajstić information content (AvgIpc) is 1.98. The van der Waals surface area contributed by atoms with Gasteiger partial charge in [0.1, 0.15) is 12.2 Å². The lowest BCUT2D eigenvalue weighted by Crippen LogP contribution is -2.41. The Hall–Kier alpha value is -0.910. The van der Waals surface area contributed by atoms with E-state index in [0.29, 0.717) is 0 Å². The van der Waals surface area contributed by atoms with Gasteiger partial charge in [0.2, 0.25) is 0 Å². The van der Waals surface area contributed by atoms with Crippen molar-refractivity contribution in [2.45, 2.75) is 32.3 Å². The first-order valence-electron chi connectivity index (χ1n) is 4.12. The van der Waals surface area contributed by atoms with E-state index in [4.69, 9.17) is 9.84 Å². The summed E-state index contributed by atoms with van der Waals surface area (Å²) in [5.41, 5.74) is -0.724. The lowest BCUT2D eigenvalue weighted by Gasteiger charge is -2.21. The third kappa shape index (κ3) is 6.59. The molecule has 0 aliphatic carbocycles. The molecule has 0 unspecified atom stereocenters. The molecule has 0 aromatic rings. The molecule has 0 bridgehead atoms. The van der Waals surface area contributed by atoms with E-state index in [2.05, 4.69) is 0 Å². The number of aliphatic hydroxyl groups is 1. The summed E-state index contributed by atoms with van der Waals surface area (Å²) in [6.45, 7) is 2.63. The van der Waals surface area contributed by atoms with Crippen LogP contribution in [0.2, 0.25) is 0 Å². The van der Waals surface area contributed by atoms with Gasteiger partial charge in [-0.3, -0.25) is 0 Å². The predicted octanol–water partition coefficient (Wildman–Crippen LogP) is 1.14. The number of rotatable bonds is 3. The number of hydrogen-bond acceptors (Lipinski definition) is 3. The number of nitrogens with one attached hydrogen (secondary N) is 1. The highest BCUT2D eigenvalue weighted by Gasteiger charge is 2.29. The Morgan fingerprint density at radius 1 is 1.43 bits per heavy atom. The van der Waals surface area contributed by atoms with E-state index in [1.807, 2.05) is 5.32 Å². The molecule has 84 valence electrons. The molecular formula is C8H15F2NO3. The van der Waals surface area contributed by atoms with Crippen molar-refractivity contribution < 1.29 is 23.4 Å². The molecule has 14 heavy (non-hydrogen) atoms. The zero-order valence-corrected chi connectivity index (χ0v) is 8.43. The molecule has 0 aromatic heterocycles. The van der Waals surface area contributed by atoms with Crippen LogP contribution in [-0.2, 0) is 4.74 Å². The highest BCUT2D eigenvalue weighted by Crippen LogP contribution is 2.11. The summed E-state index contributed by atoms with van der Waals surface area (Å²) in [6.07, 6.45) is -0.925. The second-order valence-electron chi connectivity index (χ2n) is 3.87. The van der Waals surface area contributed by atoms with Gasteiger partial charge in [0.05, 0.1) is 6.54 Å². The van der Waals surface area contributed by atoms with E-state index < -0.39 is 30.8 Å². The molecule has 4 nitrogen and oxygen atoms in total. The number of carbonyl (C=O) groups excluding carboxylic acids is 1. The maximum Gasteiger partial charge on any atom is 0.407 e. The first kappa shape index (κ1) is 13.1. The van der Waals surface area contributed by atoms with E-state index in [1.54, 1.807) is 20.8 Å². The average molecular weight is 211 g/mol. The molecule has 0 spiro atoms. The van der Waals surface area contributed by atoms with Crippen LogP contribution in [-0.4, -0.2) is 35.9 Å². The second-order valence-corrected chi connectivity index (χ2v) is 3.87. The second kappa shape index (κ2) is 4.54. The van der Waals surface area contributed by atoms with Crippen LogP contribution in [0, 0.1) is 0 Å². The Labute approximate surface area is 81.2 Å². The lowest BCUT2D eigenvalue weighted by atomic mass is 10.2. The van der Waals surface area contributed by atoms with Crippen molar-refractivity contribution in [2.75, 3.05) is 13.2 Å². The van der Waals surface area contributed by atoms with Crippen LogP contribution < -0.4 is 5.32 Å². The van der Waals surface area contributed by atoms with Crippen LogP contribution in [0.15, 0.2) is 0 Å². The van der Waals surface area contributed by atoms with Crippen LogP contribution in [0.5, 0.6) is 0 Å². The molecule has 0 heterocycles. The zero-order chi connectivity index (χ0) is 11.4. The summed E-state index contributed by atoms with van der Waals surface area (Å²) in [6, 6.07) is 0. The van der Waals surface area contributed by atoms with E-state index in [1.165, 1.54) is 0 Å². The molecule has 0 aromatic carbocycles. The quantitative estimate of drug-likeness (QED) is 0.735. The predicted molar refractivity (Wildman–Crippen MR) is 46.3 cm³/mol. The van der Waals surface area contributed by atoms with Gasteiger partial charge < -0.3 is 15.2 Å². The zero-order valence-electron chi connectivity index (χ0n) is 8.43. The first-order chi connectivity index (χ1) is 6.16. The number of alkyl halides is 2. The fourth-order valence-corrected chi connectivity index (χ4v) is 0.572. The number of hydrogen-bond donors (Lipinski definition) is 2. The molecule has 0 saturated carbocycles. The molecule has 2 N–H and O–H groups in total.